The average molecular weight is 350 g/mol. The molecule has 0 fully saturated rings. The number of benzene rings is 1. The van der Waals surface area contributed by atoms with Gasteiger partial charge in [0.1, 0.15) is 11.6 Å². The highest BCUT2D eigenvalue weighted by atomic mass is 32.2. The van der Waals surface area contributed by atoms with Crippen LogP contribution in [0.2, 0.25) is 0 Å². The predicted octanol–water partition coefficient (Wildman–Crippen LogP) is 2.80. The highest BCUT2D eigenvalue weighted by Gasteiger charge is 2.18. The zero-order valence-electron chi connectivity index (χ0n) is 14.4. The Kier molecular flexibility index (Phi) is 4.98. The molecule has 0 aliphatic heterocycles. The van der Waals surface area contributed by atoms with Gasteiger partial charge in [0.15, 0.2) is 5.82 Å². The van der Waals surface area contributed by atoms with E-state index in [0.717, 1.165) is 0 Å². The van der Waals surface area contributed by atoms with Gasteiger partial charge in [0.05, 0.1) is 12.0 Å². The predicted molar refractivity (Wildman–Crippen MR) is 93.9 cm³/mol. The molecule has 0 saturated heterocycles. The molecule has 2 rings (SSSR count). The second-order valence-corrected chi connectivity index (χ2v) is 8.07. The molecule has 0 spiro atoms. The Morgan fingerprint density at radius 3 is 2.17 bits per heavy atom. The fourth-order valence-electron chi connectivity index (χ4n) is 2.08. The Labute approximate surface area is 142 Å². The summed E-state index contributed by atoms with van der Waals surface area (Å²) in [5.41, 5.74) is 0.427. The SMILES string of the molecule is COc1ccc(S(=O)(=O)Nc2ccc(NC(C)(C)C)nn2)c(C)c1. The van der Waals surface area contributed by atoms with Gasteiger partial charge in [-0.2, -0.15) is 0 Å². The van der Waals surface area contributed by atoms with Gasteiger partial charge in [-0.3, -0.25) is 4.72 Å². The summed E-state index contributed by atoms with van der Waals surface area (Å²) in [6.07, 6.45) is 0. The molecule has 1 aromatic carbocycles. The Bertz CT molecular complexity index is 812. The van der Waals surface area contributed by atoms with Crippen LogP contribution in [0.25, 0.3) is 0 Å². The third-order valence-corrected chi connectivity index (χ3v) is 4.59. The third kappa shape index (κ3) is 4.58. The first kappa shape index (κ1) is 18.0. The van der Waals surface area contributed by atoms with Crippen LogP contribution in [-0.2, 0) is 10.0 Å². The molecule has 0 aliphatic carbocycles. The highest BCUT2D eigenvalue weighted by molar-refractivity contribution is 7.92. The van der Waals surface area contributed by atoms with Crippen LogP contribution in [0.3, 0.4) is 0 Å². The van der Waals surface area contributed by atoms with Crippen molar-refractivity contribution < 1.29 is 13.2 Å². The molecular weight excluding hydrogens is 328 g/mol. The van der Waals surface area contributed by atoms with E-state index in [-0.39, 0.29) is 16.3 Å². The van der Waals surface area contributed by atoms with Crippen molar-refractivity contribution in [1.82, 2.24) is 10.2 Å². The monoisotopic (exact) mass is 350 g/mol. The first-order valence-corrected chi connectivity index (χ1v) is 8.88. The smallest absolute Gasteiger partial charge is 0.263 e. The molecule has 0 amide bonds. The van der Waals surface area contributed by atoms with Gasteiger partial charge in [0.25, 0.3) is 10.0 Å². The standard InChI is InChI=1S/C16H22N4O3S/c1-11-10-12(23-5)6-7-13(11)24(21,22)20-15-9-8-14(18-19-15)17-16(2,3)4/h6-10H,1-5H3,(H,17,18)(H,19,20). The van der Waals surface area contributed by atoms with Crippen molar-refractivity contribution in [2.45, 2.75) is 38.1 Å². The van der Waals surface area contributed by atoms with Crippen molar-refractivity contribution in [2.75, 3.05) is 17.1 Å². The normalized spacial score (nSPS) is 11.9. The molecule has 0 bridgehead atoms. The second-order valence-electron chi connectivity index (χ2n) is 6.42. The molecule has 7 nitrogen and oxygen atoms in total. The second kappa shape index (κ2) is 6.64. The van der Waals surface area contributed by atoms with Crippen LogP contribution in [0.1, 0.15) is 26.3 Å². The Balaban J connectivity index is 2.20. The van der Waals surface area contributed by atoms with E-state index in [1.165, 1.54) is 13.2 Å². The number of hydrogen-bond donors (Lipinski definition) is 2. The largest absolute Gasteiger partial charge is 0.497 e. The van der Waals surface area contributed by atoms with Crippen LogP contribution in [0, 0.1) is 6.92 Å². The lowest BCUT2D eigenvalue weighted by Gasteiger charge is -2.20. The number of aromatic nitrogens is 2. The zero-order valence-corrected chi connectivity index (χ0v) is 15.2. The summed E-state index contributed by atoms with van der Waals surface area (Å²) >= 11 is 0. The van der Waals surface area contributed by atoms with E-state index in [2.05, 4.69) is 20.2 Å². The summed E-state index contributed by atoms with van der Waals surface area (Å²) in [5, 5.41) is 11.1. The molecule has 1 aromatic heterocycles. The van der Waals surface area contributed by atoms with Gasteiger partial charge < -0.3 is 10.1 Å². The topological polar surface area (TPSA) is 93.2 Å². The Hall–Kier alpha value is -2.35. The van der Waals surface area contributed by atoms with E-state index >= 15 is 0 Å². The average Bonchev–Trinajstić information content (AvgIpc) is 2.47. The lowest BCUT2D eigenvalue weighted by atomic mass is 10.1. The Morgan fingerprint density at radius 1 is 1.04 bits per heavy atom. The first-order chi connectivity index (χ1) is 11.1. The summed E-state index contributed by atoms with van der Waals surface area (Å²) in [5.74, 6) is 1.33. The fourth-order valence-corrected chi connectivity index (χ4v) is 3.30. The number of methoxy groups -OCH3 is 1. The number of anilines is 2. The van der Waals surface area contributed by atoms with Crippen LogP contribution < -0.4 is 14.8 Å². The number of hydrogen-bond acceptors (Lipinski definition) is 6. The maximum Gasteiger partial charge on any atom is 0.263 e. The molecule has 2 N–H and O–H groups in total. The molecule has 0 unspecified atom stereocenters. The molecular formula is C16H22N4O3S. The first-order valence-electron chi connectivity index (χ1n) is 7.40. The third-order valence-electron chi connectivity index (χ3n) is 3.08. The maximum absolute atomic E-state index is 12.5. The number of nitrogens with one attached hydrogen (secondary N) is 2. The van der Waals surface area contributed by atoms with Crippen LogP contribution in [0.5, 0.6) is 5.75 Å². The van der Waals surface area contributed by atoms with Crippen molar-refractivity contribution in [3.05, 3.63) is 35.9 Å². The summed E-state index contributed by atoms with van der Waals surface area (Å²) in [6, 6.07) is 8.01. The fraction of sp³-hybridized carbons (Fsp3) is 0.375. The van der Waals surface area contributed by atoms with Gasteiger partial charge in [-0.1, -0.05) is 0 Å². The minimum Gasteiger partial charge on any atom is -0.497 e. The molecule has 0 atom stereocenters. The number of rotatable bonds is 5. The van der Waals surface area contributed by atoms with E-state index in [0.29, 0.717) is 17.1 Å². The van der Waals surface area contributed by atoms with Crippen LogP contribution >= 0.6 is 0 Å². The summed E-state index contributed by atoms with van der Waals surface area (Å²) in [4.78, 5) is 0.169. The molecule has 0 radical (unpaired) electrons. The minimum absolute atomic E-state index is 0.157. The number of aryl methyl sites for hydroxylation is 1. The number of sulfonamides is 1. The van der Waals surface area contributed by atoms with E-state index < -0.39 is 10.0 Å². The van der Waals surface area contributed by atoms with Crippen LogP contribution in [0.4, 0.5) is 11.6 Å². The van der Waals surface area contributed by atoms with Crippen LogP contribution in [0.15, 0.2) is 35.2 Å². The van der Waals surface area contributed by atoms with E-state index in [1.54, 1.807) is 31.2 Å². The molecule has 130 valence electrons. The lowest BCUT2D eigenvalue weighted by Crippen LogP contribution is -2.26. The molecule has 24 heavy (non-hydrogen) atoms. The number of ether oxygens (including phenoxy) is 1. The van der Waals surface area contributed by atoms with Gasteiger partial charge >= 0.3 is 0 Å². The molecule has 1 heterocycles. The lowest BCUT2D eigenvalue weighted by molar-refractivity contribution is 0.414. The number of nitrogens with zero attached hydrogens (tertiary/aromatic N) is 2. The summed E-state index contributed by atoms with van der Waals surface area (Å²) in [7, 11) is -2.21. The van der Waals surface area contributed by atoms with E-state index in [1.807, 2.05) is 20.8 Å². The van der Waals surface area contributed by atoms with Gasteiger partial charge in [-0.25, -0.2) is 8.42 Å². The molecule has 0 saturated carbocycles. The Morgan fingerprint density at radius 2 is 1.67 bits per heavy atom. The van der Waals surface area contributed by atoms with Crippen molar-refractivity contribution >= 4 is 21.7 Å². The van der Waals surface area contributed by atoms with Gasteiger partial charge in [0.2, 0.25) is 0 Å². The molecule has 2 aromatic rings. The molecule has 0 aliphatic rings. The van der Waals surface area contributed by atoms with Crippen molar-refractivity contribution in [3.63, 3.8) is 0 Å². The van der Waals surface area contributed by atoms with Crippen molar-refractivity contribution in [2.24, 2.45) is 0 Å². The van der Waals surface area contributed by atoms with E-state index in [4.69, 9.17) is 4.74 Å². The molecule has 8 heteroatoms. The summed E-state index contributed by atoms with van der Waals surface area (Å²) < 4.78 is 32.5. The quantitative estimate of drug-likeness (QED) is 0.861. The minimum atomic E-state index is -3.75. The van der Waals surface area contributed by atoms with E-state index in [9.17, 15) is 8.42 Å². The maximum atomic E-state index is 12.5. The highest BCUT2D eigenvalue weighted by Crippen LogP contribution is 2.23. The van der Waals surface area contributed by atoms with Gasteiger partial charge in [-0.05, 0) is 63.6 Å². The zero-order chi connectivity index (χ0) is 18.0. The summed E-state index contributed by atoms with van der Waals surface area (Å²) in [6.45, 7) is 7.70. The van der Waals surface area contributed by atoms with Crippen molar-refractivity contribution in [1.29, 1.82) is 0 Å². The van der Waals surface area contributed by atoms with Crippen LogP contribution in [-0.4, -0.2) is 31.3 Å². The van der Waals surface area contributed by atoms with Gasteiger partial charge in [0, 0.05) is 5.54 Å². The van der Waals surface area contributed by atoms with Crippen molar-refractivity contribution in [3.8, 4) is 5.75 Å². The van der Waals surface area contributed by atoms with Gasteiger partial charge in [-0.15, -0.1) is 10.2 Å².